The van der Waals surface area contributed by atoms with Crippen molar-refractivity contribution in [1.82, 2.24) is 24.9 Å². The summed E-state index contributed by atoms with van der Waals surface area (Å²) < 4.78 is 74.2. The van der Waals surface area contributed by atoms with E-state index < -0.39 is 28.0 Å². The molecule has 1 aliphatic carbocycles. The summed E-state index contributed by atoms with van der Waals surface area (Å²) in [6.07, 6.45) is -0.598. The quantitative estimate of drug-likeness (QED) is 0.221. The molecule has 1 fully saturated rings. The lowest BCUT2D eigenvalue weighted by molar-refractivity contribution is -0.192. The summed E-state index contributed by atoms with van der Waals surface area (Å²) >= 11 is 0. The number of sulfonamides is 1. The Hall–Kier alpha value is -4.31. The van der Waals surface area contributed by atoms with Crippen molar-refractivity contribution in [3.8, 4) is 0 Å². The molecule has 2 aromatic carbocycles. The third-order valence-electron chi connectivity index (χ3n) is 5.59. The molecule has 0 bridgehead atoms. The van der Waals surface area contributed by atoms with Gasteiger partial charge in [0, 0.05) is 23.7 Å². The molecule has 40 heavy (non-hydrogen) atoms. The maximum Gasteiger partial charge on any atom is 0.490 e. The molecule has 212 valence electrons. The van der Waals surface area contributed by atoms with Crippen LogP contribution in [0.2, 0.25) is 0 Å². The Morgan fingerprint density at radius 1 is 1.18 bits per heavy atom. The first-order chi connectivity index (χ1) is 18.9. The molecule has 0 amide bonds. The predicted octanol–water partition coefficient (Wildman–Crippen LogP) is 4.47. The highest BCUT2D eigenvalue weighted by Gasteiger charge is 2.38. The van der Waals surface area contributed by atoms with Gasteiger partial charge < -0.3 is 15.3 Å². The van der Waals surface area contributed by atoms with Crippen molar-refractivity contribution in [2.75, 3.05) is 16.8 Å². The van der Waals surface area contributed by atoms with Gasteiger partial charge in [-0.2, -0.15) is 23.3 Å². The van der Waals surface area contributed by atoms with E-state index in [1.165, 1.54) is 12.1 Å². The lowest BCUT2D eigenvalue weighted by Crippen LogP contribution is -2.25. The van der Waals surface area contributed by atoms with E-state index in [4.69, 9.17) is 9.90 Å². The number of carbonyl (C=O) groups is 1. The lowest BCUT2D eigenvalue weighted by Gasteiger charge is -2.23. The smallest absolute Gasteiger partial charge is 0.475 e. The van der Waals surface area contributed by atoms with Gasteiger partial charge in [-0.15, -0.1) is 0 Å². The second-order valence-corrected chi connectivity index (χ2v) is 10.3. The molecule has 0 spiro atoms. The Labute approximate surface area is 225 Å². The number of rotatable bonds is 8. The Balaban J connectivity index is 0.000000470. The topological polar surface area (TPSA) is 153 Å². The summed E-state index contributed by atoms with van der Waals surface area (Å²) in [7, 11) is -3.60. The lowest BCUT2D eigenvalue weighted by atomic mass is 10.2. The minimum absolute atomic E-state index is 0.00862. The van der Waals surface area contributed by atoms with Gasteiger partial charge in [0.05, 0.1) is 28.5 Å². The molecule has 1 aliphatic rings. The Morgan fingerprint density at radius 2 is 1.88 bits per heavy atom. The largest absolute Gasteiger partial charge is 0.490 e. The van der Waals surface area contributed by atoms with Crippen molar-refractivity contribution < 1.29 is 35.9 Å². The molecule has 2 aromatic heterocycles. The molecule has 2 heterocycles. The van der Waals surface area contributed by atoms with E-state index in [2.05, 4.69) is 30.2 Å². The number of alkyl halides is 3. The number of aromatic nitrogens is 4. The van der Waals surface area contributed by atoms with Crippen LogP contribution in [0, 0.1) is 5.82 Å². The summed E-state index contributed by atoms with van der Waals surface area (Å²) in [4.78, 5) is 19.2. The zero-order valence-electron chi connectivity index (χ0n) is 20.8. The number of hydrogen-bond acceptors (Lipinski definition) is 8. The molecular weight excluding hydrogens is 558 g/mol. The van der Waals surface area contributed by atoms with E-state index in [1.807, 2.05) is 25.1 Å². The van der Waals surface area contributed by atoms with Gasteiger partial charge in [0.2, 0.25) is 16.0 Å². The Morgan fingerprint density at radius 3 is 2.52 bits per heavy atom. The van der Waals surface area contributed by atoms with Crippen molar-refractivity contribution in [3.63, 3.8) is 0 Å². The number of anilines is 4. The number of halogens is 4. The maximum absolute atomic E-state index is 14.8. The minimum atomic E-state index is -5.08. The number of H-pyrrole nitrogens is 1. The molecule has 0 unspecified atom stereocenters. The molecule has 0 saturated heterocycles. The summed E-state index contributed by atoms with van der Waals surface area (Å²) in [5, 5.41) is 17.9. The monoisotopic (exact) mass is 581 g/mol. The van der Waals surface area contributed by atoms with Crippen molar-refractivity contribution in [1.29, 1.82) is 0 Å². The molecule has 4 aromatic rings. The number of carboxylic acids is 1. The fourth-order valence-corrected chi connectivity index (χ4v) is 4.94. The van der Waals surface area contributed by atoms with Gasteiger partial charge in [-0.3, -0.25) is 5.10 Å². The van der Waals surface area contributed by atoms with Crippen molar-refractivity contribution >= 4 is 50.0 Å². The van der Waals surface area contributed by atoms with Crippen LogP contribution in [-0.4, -0.2) is 58.4 Å². The van der Waals surface area contributed by atoms with Gasteiger partial charge in [0.25, 0.3) is 0 Å². The number of aliphatic carboxylic acids is 1. The third-order valence-corrected chi connectivity index (χ3v) is 7.11. The highest BCUT2D eigenvalue weighted by atomic mass is 32.2. The van der Waals surface area contributed by atoms with Crippen molar-refractivity contribution in [3.05, 3.63) is 60.7 Å². The molecule has 0 aliphatic heterocycles. The minimum Gasteiger partial charge on any atom is -0.475 e. The highest BCUT2D eigenvalue weighted by Crippen LogP contribution is 2.32. The molecule has 5 rings (SSSR count). The van der Waals surface area contributed by atoms with Crippen molar-refractivity contribution in [2.45, 2.75) is 36.9 Å². The number of carboxylic acid groups (broad SMARTS) is 1. The molecule has 4 N–H and O–H groups in total. The van der Waals surface area contributed by atoms with Crippen LogP contribution in [-0.2, 0) is 14.8 Å². The number of fused-ring (bicyclic) bond motifs is 1. The van der Waals surface area contributed by atoms with Gasteiger partial charge in [-0.05, 0) is 50.1 Å². The zero-order chi connectivity index (χ0) is 29.1. The predicted molar refractivity (Wildman–Crippen MR) is 138 cm³/mol. The first-order valence-corrected chi connectivity index (χ1v) is 13.3. The normalized spacial score (nSPS) is 13.4. The van der Waals surface area contributed by atoms with Crippen LogP contribution in [0.1, 0.15) is 19.8 Å². The van der Waals surface area contributed by atoms with Gasteiger partial charge in [0.15, 0.2) is 11.6 Å². The average molecular weight is 582 g/mol. The zero-order valence-corrected chi connectivity index (χ0v) is 21.6. The van der Waals surface area contributed by atoms with Gasteiger partial charge in [-0.1, -0.05) is 12.1 Å². The van der Waals surface area contributed by atoms with E-state index >= 15 is 0 Å². The van der Waals surface area contributed by atoms with Crippen LogP contribution >= 0.6 is 0 Å². The molecule has 0 radical (unpaired) electrons. The Kier molecular flexibility index (Phi) is 8.20. The van der Waals surface area contributed by atoms with E-state index in [0.29, 0.717) is 12.2 Å². The maximum atomic E-state index is 14.8. The number of nitrogens with one attached hydrogen (secondary N) is 3. The third kappa shape index (κ3) is 6.81. The van der Waals surface area contributed by atoms with E-state index in [0.717, 1.165) is 35.6 Å². The van der Waals surface area contributed by atoms with Gasteiger partial charge >= 0.3 is 12.1 Å². The van der Waals surface area contributed by atoms with Crippen molar-refractivity contribution in [2.24, 2.45) is 0 Å². The standard InChI is InChI=1S/C22H22FN7O2S.C2HF3O2/c1-2-30(20-8-4-7-19-17(20)12-25-28-19)21-18(23)13-24-22(27-21)26-15-5-3-6-16(11-15)33(31,32)29-14-9-10-14;3-2(4,5)1(6)7/h3-8,11-14,29H,2,9-10H2,1H3,(H,25,28)(H,24,26,27);(H,6,7). The van der Waals surface area contributed by atoms with Crippen LogP contribution < -0.4 is 14.9 Å². The molecule has 16 heteroatoms. The van der Waals surface area contributed by atoms with E-state index in [1.54, 1.807) is 23.2 Å². The van der Waals surface area contributed by atoms with Gasteiger partial charge in [-0.25, -0.2) is 27.3 Å². The number of benzene rings is 2. The van der Waals surface area contributed by atoms with Crippen LogP contribution in [0.15, 0.2) is 59.8 Å². The van der Waals surface area contributed by atoms with Gasteiger partial charge in [0.1, 0.15) is 0 Å². The van der Waals surface area contributed by atoms with Crippen LogP contribution in [0.3, 0.4) is 0 Å². The second kappa shape index (κ2) is 11.4. The van der Waals surface area contributed by atoms with Crippen LogP contribution in [0.4, 0.5) is 40.7 Å². The summed E-state index contributed by atoms with van der Waals surface area (Å²) in [5.41, 5.74) is 2.06. The summed E-state index contributed by atoms with van der Waals surface area (Å²) in [5.74, 6) is -3.09. The second-order valence-electron chi connectivity index (χ2n) is 8.57. The summed E-state index contributed by atoms with van der Waals surface area (Å²) in [6, 6.07) is 12.0. The number of hydrogen-bond donors (Lipinski definition) is 4. The highest BCUT2D eigenvalue weighted by molar-refractivity contribution is 7.89. The van der Waals surface area contributed by atoms with Crippen LogP contribution in [0.5, 0.6) is 0 Å². The molecular formula is C24H23F4N7O4S. The molecule has 11 nitrogen and oxygen atoms in total. The summed E-state index contributed by atoms with van der Waals surface area (Å²) in [6.45, 7) is 2.35. The first-order valence-electron chi connectivity index (χ1n) is 11.8. The van der Waals surface area contributed by atoms with E-state index in [9.17, 15) is 26.0 Å². The number of aromatic amines is 1. The molecule has 0 atom stereocenters. The van der Waals surface area contributed by atoms with Crippen LogP contribution in [0.25, 0.3) is 10.9 Å². The molecule has 1 saturated carbocycles. The first kappa shape index (κ1) is 28.7. The number of nitrogens with zero attached hydrogens (tertiary/aromatic N) is 4. The SMILES string of the molecule is CCN(c1nc(Nc2cccc(S(=O)(=O)NC3CC3)c2)ncc1F)c1cccc2[nH]ncc12.O=C(O)C(F)(F)F. The Bertz CT molecular complexity index is 1630. The fraction of sp³-hybridized carbons (Fsp3) is 0.250. The van der Waals surface area contributed by atoms with E-state index in [-0.39, 0.29) is 22.7 Å². The fourth-order valence-electron chi connectivity index (χ4n) is 3.59. The average Bonchev–Trinajstić information content (AvgIpc) is 3.56.